The van der Waals surface area contributed by atoms with Gasteiger partial charge in [0.05, 0.1) is 17.7 Å². The van der Waals surface area contributed by atoms with Gasteiger partial charge in [0.25, 0.3) is 0 Å². The van der Waals surface area contributed by atoms with E-state index < -0.39 is 0 Å². The number of benzene rings is 1. The predicted octanol–water partition coefficient (Wildman–Crippen LogP) is 3.83. The lowest BCUT2D eigenvalue weighted by Gasteiger charge is -2.18. The summed E-state index contributed by atoms with van der Waals surface area (Å²) in [5, 5.41) is 0. The van der Waals surface area contributed by atoms with Crippen LogP contribution in [0.5, 0.6) is 5.75 Å². The number of hydrogen-bond acceptors (Lipinski definition) is 4. The van der Waals surface area contributed by atoms with E-state index in [1.807, 2.05) is 39.0 Å². The zero-order valence-corrected chi connectivity index (χ0v) is 14.5. The summed E-state index contributed by atoms with van der Waals surface area (Å²) in [4.78, 5) is 11.5. The molecule has 1 rings (SSSR count). The van der Waals surface area contributed by atoms with Gasteiger partial charge in [-0.25, -0.2) is 0 Å². The van der Waals surface area contributed by atoms with Gasteiger partial charge in [-0.1, -0.05) is 13.0 Å². The third kappa shape index (κ3) is 6.06. The Labute approximate surface area is 135 Å². The van der Waals surface area contributed by atoms with Crippen molar-refractivity contribution < 1.29 is 14.3 Å². The molecule has 0 amide bonds. The van der Waals surface area contributed by atoms with Crippen molar-refractivity contribution in [2.45, 2.75) is 39.7 Å². The van der Waals surface area contributed by atoms with Gasteiger partial charge >= 0.3 is 5.97 Å². The van der Waals surface area contributed by atoms with Gasteiger partial charge < -0.3 is 15.2 Å². The Kier molecular flexibility index (Phi) is 7.75. The molecule has 0 aliphatic rings. The van der Waals surface area contributed by atoms with Crippen LogP contribution in [-0.2, 0) is 9.53 Å². The minimum atomic E-state index is -0.162. The standard InChI is InChI=1S/C16H24BrNO3/c1-4-20-15-7-6-12(10-13(15)17)14(18)8-11(3)9-16(19)21-5-2/h6-7,10-11,14H,4-5,8-9,18H2,1-3H3. The van der Waals surface area contributed by atoms with Gasteiger partial charge in [-0.05, 0) is 59.8 Å². The zero-order chi connectivity index (χ0) is 15.8. The van der Waals surface area contributed by atoms with Crippen LogP contribution in [0.25, 0.3) is 0 Å². The van der Waals surface area contributed by atoms with Crippen LogP contribution in [0.15, 0.2) is 22.7 Å². The van der Waals surface area contributed by atoms with Crippen LogP contribution in [0.3, 0.4) is 0 Å². The quantitative estimate of drug-likeness (QED) is 0.718. The first-order valence-electron chi connectivity index (χ1n) is 7.31. The van der Waals surface area contributed by atoms with E-state index in [2.05, 4.69) is 15.9 Å². The van der Waals surface area contributed by atoms with Crippen LogP contribution in [0.2, 0.25) is 0 Å². The summed E-state index contributed by atoms with van der Waals surface area (Å²) in [6.45, 7) is 6.82. The van der Waals surface area contributed by atoms with Crippen molar-refractivity contribution in [1.82, 2.24) is 0 Å². The fourth-order valence-electron chi connectivity index (χ4n) is 2.18. The van der Waals surface area contributed by atoms with Crippen molar-refractivity contribution in [3.63, 3.8) is 0 Å². The van der Waals surface area contributed by atoms with Gasteiger partial charge in [-0.15, -0.1) is 0 Å². The summed E-state index contributed by atoms with van der Waals surface area (Å²) in [6.07, 6.45) is 1.14. The second-order valence-corrected chi connectivity index (χ2v) is 5.93. The molecular formula is C16H24BrNO3. The number of ether oxygens (including phenoxy) is 2. The zero-order valence-electron chi connectivity index (χ0n) is 12.9. The van der Waals surface area contributed by atoms with Crippen LogP contribution < -0.4 is 10.5 Å². The fraction of sp³-hybridized carbons (Fsp3) is 0.562. The number of halogens is 1. The maximum Gasteiger partial charge on any atom is 0.306 e. The van der Waals surface area contributed by atoms with E-state index in [4.69, 9.17) is 15.2 Å². The van der Waals surface area contributed by atoms with Crippen LogP contribution in [-0.4, -0.2) is 19.2 Å². The van der Waals surface area contributed by atoms with Crippen molar-refractivity contribution in [2.75, 3.05) is 13.2 Å². The van der Waals surface area contributed by atoms with E-state index in [-0.39, 0.29) is 17.9 Å². The molecule has 2 N–H and O–H groups in total. The molecule has 1 aromatic carbocycles. The molecule has 0 aromatic heterocycles. The SMILES string of the molecule is CCOC(=O)CC(C)CC(N)c1ccc(OCC)c(Br)c1. The molecule has 0 spiro atoms. The molecule has 0 heterocycles. The first-order valence-corrected chi connectivity index (χ1v) is 8.10. The van der Waals surface area contributed by atoms with Crippen LogP contribution in [0, 0.1) is 5.92 Å². The minimum absolute atomic E-state index is 0.110. The second-order valence-electron chi connectivity index (χ2n) is 5.08. The molecule has 0 aliphatic carbocycles. The Balaban J connectivity index is 2.60. The summed E-state index contributed by atoms with van der Waals surface area (Å²) < 4.78 is 11.3. The van der Waals surface area contributed by atoms with Crippen molar-refractivity contribution >= 4 is 21.9 Å². The summed E-state index contributed by atoms with van der Waals surface area (Å²) >= 11 is 3.49. The van der Waals surface area contributed by atoms with Crippen LogP contribution in [0.4, 0.5) is 0 Å². The molecule has 0 aliphatic heterocycles. The fourth-order valence-corrected chi connectivity index (χ4v) is 2.69. The molecule has 5 heteroatoms. The molecule has 21 heavy (non-hydrogen) atoms. The van der Waals surface area contributed by atoms with Crippen molar-refractivity contribution in [2.24, 2.45) is 11.7 Å². The summed E-state index contributed by atoms with van der Waals surface area (Å²) in [5.74, 6) is 0.836. The highest BCUT2D eigenvalue weighted by Gasteiger charge is 2.16. The van der Waals surface area contributed by atoms with Gasteiger partial charge in [0, 0.05) is 12.5 Å². The van der Waals surface area contributed by atoms with Gasteiger partial charge in [0.1, 0.15) is 5.75 Å². The van der Waals surface area contributed by atoms with Gasteiger partial charge in [0.2, 0.25) is 0 Å². The molecule has 118 valence electrons. The predicted molar refractivity (Wildman–Crippen MR) is 87.3 cm³/mol. The number of rotatable bonds is 8. The lowest BCUT2D eigenvalue weighted by molar-refractivity contribution is -0.144. The largest absolute Gasteiger partial charge is 0.493 e. The lowest BCUT2D eigenvalue weighted by Crippen LogP contribution is -2.17. The lowest BCUT2D eigenvalue weighted by atomic mass is 9.94. The van der Waals surface area contributed by atoms with Gasteiger partial charge in [0.15, 0.2) is 0 Å². The first kappa shape index (κ1) is 18.0. The Morgan fingerprint density at radius 1 is 1.33 bits per heavy atom. The number of hydrogen-bond donors (Lipinski definition) is 1. The molecule has 1 aromatic rings. The highest BCUT2D eigenvalue weighted by atomic mass is 79.9. The minimum Gasteiger partial charge on any atom is -0.493 e. The van der Waals surface area contributed by atoms with E-state index >= 15 is 0 Å². The van der Waals surface area contributed by atoms with E-state index in [1.54, 1.807) is 0 Å². The Hall–Kier alpha value is -1.07. The summed E-state index contributed by atoms with van der Waals surface area (Å²) in [5.41, 5.74) is 7.25. The third-order valence-corrected chi connectivity index (χ3v) is 3.78. The number of esters is 1. The number of carbonyl (C=O) groups is 1. The van der Waals surface area contributed by atoms with Crippen molar-refractivity contribution in [3.8, 4) is 5.75 Å². The third-order valence-electron chi connectivity index (χ3n) is 3.16. The van der Waals surface area contributed by atoms with Crippen molar-refractivity contribution in [3.05, 3.63) is 28.2 Å². The van der Waals surface area contributed by atoms with Gasteiger partial charge in [-0.3, -0.25) is 4.79 Å². The van der Waals surface area contributed by atoms with Crippen LogP contribution in [0.1, 0.15) is 45.2 Å². The summed E-state index contributed by atoms with van der Waals surface area (Å²) in [7, 11) is 0. The van der Waals surface area contributed by atoms with E-state index in [0.717, 1.165) is 22.2 Å². The second kappa shape index (κ2) is 9.05. The molecule has 2 unspecified atom stereocenters. The Morgan fingerprint density at radius 3 is 2.62 bits per heavy atom. The normalized spacial score (nSPS) is 13.6. The molecule has 0 radical (unpaired) electrons. The average molecular weight is 358 g/mol. The highest BCUT2D eigenvalue weighted by molar-refractivity contribution is 9.10. The Bertz CT molecular complexity index is 465. The maximum atomic E-state index is 11.5. The summed E-state index contributed by atoms with van der Waals surface area (Å²) in [6, 6.07) is 5.75. The molecule has 0 saturated carbocycles. The van der Waals surface area contributed by atoms with Crippen LogP contribution >= 0.6 is 15.9 Å². The molecule has 0 fully saturated rings. The maximum absolute atomic E-state index is 11.5. The van der Waals surface area contributed by atoms with Gasteiger partial charge in [-0.2, -0.15) is 0 Å². The monoisotopic (exact) mass is 357 g/mol. The topological polar surface area (TPSA) is 61.5 Å². The van der Waals surface area contributed by atoms with Crippen molar-refractivity contribution in [1.29, 1.82) is 0 Å². The molecule has 4 nitrogen and oxygen atoms in total. The van der Waals surface area contributed by atoms with E-state index in [1.165, 1.54) is 0 Å². The Morgan fingerprint density at radius 2 is 2.05 bits per heavy atom. The number of nitrogens with two attached hydrogens (primary N) is 1. The van der Waals surface area contributed by atoms with E-state index in [0.29, 0.717) is 19.6 Å². The molecule has 0 bridgehead atoms. The first-order chi connectivity index (χ1) is 9.97. The highest BCUT2D eigenvalue weighted by Crippen LogP contribution is 2.30. The number of carbonyl (C=O) groups excluding carboxylic acids is 1. The van der Waals surface area contributed by atoms with E-state index in [9.17, 15) is 4.79 Å². The average Bonchev–Trinajstić information content (AvgIpc) is 2.41. The molecular weight excluding hydrogens is 334 g/mol. The smallest absolute Gasteiger partial charge is 0.306 e. The molecule has 0 saturated heterocycles. The molecule has 2 atom stereocenters.